The van der Waals surface area contributed by atoms with Crippen LogP contribution in [0.5, 0.6) is 11.5 Å². The summed E-state index contributed by atoms with van der Waals surface area (Å²) in [4.78, 5) is 0. The first-order valence-corrected chi connectivity index (χ1v) is 7.88. The first kappa shape index (κ1) is 16.2. The lowest BCUT2D eigenvalue weighted by atomic mass is 9.82. The lowest BCUT2D eigenvalue weighted by Gasteiger charge is -2.27. The van der Waals surface area contributed by atoms with E-state index < -0.39 is 0 Å². The standard InChI is InChI=1S/C18H29NO2/c1-12(18(3,4)5)10-19-11-15-9-17-14(7-13(2)21-17)8-16(15)20-6/h8-9,12-13,19H,7,10-11H2,1-6H3. The lowest BCUT2D eigenvalue weighted by Crippen LogP contribution is -2.29. The summed E-state index contributed by atoms with van der Waals surface area (Å²) in [5, 5.41) is 3.55. The fourth-order valence-corrected chi connectivity index (χ4v) is 2.54. The molecule has 1 N–H and O–H groups in total. The zero-order chi connectivity index (χ0) is 15.6. The Morgan fingerprint density at radius 2 is 2.10 bits per heavy atom. The Hall–Kier alpha value is -1.22. The van der Waals surface area contributed by atoms with Gasteiger partial charge < -0.3 is 14.8 Å². The Morgan fingerprint density at radius 1 is 1.38 bits per heavy atom. The largest absolute Gasteiger partial charge is 0.496 e. The molecule has 0 aromatic heterocycles. The van der Waals surface area contributed by atoms with Crippen molar-refractivity contribution in [1.82, 2.24) is 5.32 Å². The van der Waals surface area contributed by atoms with Gasteiger partial charge in [-0.2, -0.15) is 0 Å². The first-order chi connectivity index (χ1) is 9.81. The Balaban J connectivity index is 2.02. The van der Waals surface area contributed by atoms with Gasteiger partial charge >= 0.3 is 0 Å². The summed E-state index contributed by atoms with van der Waals surface area (Å²) in [6.07, 6.45) is 1.24. The highest BCUT2D eigenvalue weighted by Gasteiger charge is 2.22. The molecule has 3 nitrogen and oxygen atoms in total. The van der Waals surface area contributed by atoms with Gasteiger partial charge in [-0.05, 0) is 36.9 Å². The van der Waals surface area contributed by atoms with E-state index >= 15 is 0 Å². The van der Waals surface area contributed by atoms with E-state index in [0.717, 1.165) is 31.0 Å². The summed E-state index contributed by atoms with van der Waals surface area (Å²) in [6.45, 7) is 13.1. The quantitative estimate of drug-likeness (QED) is 0.895. The van der Waals surface area contributed by atoms with Crippen molar-refractivity contribution in [3.05, 3.63) is 23.3 Å². The number of methoxy groups -OCH3 is 1. The van der Waals surface area contributed by atoms with E-state index in [-0.39, 0.29) is 6.10 Å². The SMILES string of the molecule is COc1cc2c(cc1CNCC(C)C(C)(C)C)OC(C)C2. The molecule has 0 aliphatic carbocycles. The van der Waals surface area contributed by atoms with Gasteiger partial charge in [0.15, 0.2) is 0 Å². The zero-order valence-electron chi connectivity index (χ0n) is 14.2. The van der Waals surface area contributed by atoms with E-state index in [1.165, 1.54) is 11.1 Å². The van der Waals surface area contributed by atoms with Crippen LogP contribution in [0.15, 0.2) is 12.1 Å². The van der Waals surface area contributed by atoms with Gasteiger partial charge in [-0.1, -0.05) is 27.7 Å². The highest BCUT2D eigenvalue weighted by atomic mass is 16.5. The fraction of sp³-hybridized carbons (Fsp3) is 0.667. The molecule has 1 aliphatic rings. The average molecular weight is 291 g/mol. The van der Waals surface area contributed by atoms with Crippen LogP contribution >= 0.6 is 0 Å². The van der Waals surface area contributed by atoms with E-state index in [9.17, 15) is 0 Å². The number of hydrogen-bond acceptors (Lipinski definition) is 3. The number of fused-ring (bicyclic) bond motifs is 1. The van der Waals surface area contributed by atoms with Crippen molar-refractivity contribution < 1.29 is 9.47 Å². The monoisotopic (exact) mass is 291 g/mol. The van der Waals surface area contributed by atoms with Crippen molar-refractivity contribution in [2.24, 2.45) is 11.3 Å². The zero-order valence-corrected chi connectivity index (χ0v) is 14.2. The molecule has 1 aliphatic heterocycles. The summed E-state index contributed by atoms with van der Waals surface area (Å²) in [6, 6.07) is 4.26. The third kappa shape index (κ3) is 3.91. The van der Waals surface area contributed by atoms with Crippen molar-refractivity contribution >= 4 is 0 Å². The van der Waals surface area contributed by atoms with Crippen LogP contribution in [0.2, 0.25) is 0 Å². The van der Waals surface area contributed by atoms with Crippen LogP contribution in [0.4, 0.5) is 0 Å². The highest BCUT2D eigenvalue weighted by Crippen LogP contribution is 2.35. The molecule has 1 aromatic carbocycles. The molecular weight excluding hydrogens is 262 g/mol. The summed E-state index contributed by atoms with van der Waals surface area (Å²) in [5.41, 5.74) is 2.76. The van der Waals surface area contributed by atoms with Crippen molar-refractivity contribution in [2.45, 2.75) is 53.7 Å². The van der Waals surface area contributed by atoms with Gasteiger partial charge in [-0.15, -0.1) is 0 Å². The minimum absolute atomic E-state index is 0.272. The summed E-state index contributed by atoms with van der Waals surface area (Å²) >= 11 is 0. The number of hydrogen-bond donors (Lipinski definition) is 1. The maximum Gasteiger partial charge on any atom is 0.123 e. The summed E-state index contributed by atoms with van der Waals surface area (Å²) in [5.74, 6) is 2.60. The van der Waals surface area contributed by atoms with E-state index in [0.29, 0.717) is 11.3 Å². The molecule has 0 saturated heterocycles. The molecule has 2 unspecified atom stereocenters. The highest BCUT2D eigenvalue weighted by molar-refractivity contribution is 5.48. The van der Waals surface area contributed by atoms with Crippen LogP contribution in [0, 0.1) is 11.3 Å². The fourth-order valence-electron chi connectivity index (χ4n) is 2.54. The van der Waals surface area contributed by atoms with Gasteiger partial charge in [0.05, 0.1) is 7.11 Å². The first-order valence-electron chi connectivity index (χ1n) is 7.88. The molecule has 0 radical (unpaired) electrons. The normalized spacial score (nSPS) is 19.0. The van der Waals surface area contributed by atoms with Crippen molar-refractivity contribution in [1.29, 1.82) is 0 Å². The number of rotatable bonds is 5. The van der Waals surface area contributed by atoms with Crippen LogP contribution in [-0.4, -0.2) is 19.8 Å². The molecule has 1 aromatic rings. The van der Waals surface area contributed by atoms with Crippen LogP contribution in [-0.2, 0) is 13.0 Å². The van der Waals surface area contributed by atoms with E-state index in [1.807, 2.05) is 0 Å². The lowest BCUT2D eigenvalue weighted by molar-refractivity contribution is 0.251. The molecule has 2 atom stereocenters. The van der Waals surface area contributed by atoms with Crippen LogP contribution < -0.4 is 14.8 Å². The Kier molecular flexibility index (Phi) is 4.82. The molecule has 0 saturated carbocycles. The second kappa shape index (κ2) is 6.27. The second-order valence-electron chi connectivity index (χ2n) is 7.30. The van der Waals surface area contributed by atoms with Crippen molar-refractivity contribution in [3.63, 3.8) is 0 Å². The molecular formula is C18H29NO2. The van der Waals surface area contributed by atoms with Gasteiger partial charge in [0.2, 0.25) is 0 Å². The van der Waals surface area contributed by atoms with Gasteiger partial charge in [0.25, 0.3) is 0 Å². The third-order valence-corrected chi connectivity index (χ3v) is 4.54. The predicted molar refractivity (Wildman–Crippen MR) is 87.1 cm³/mol. The maximum atomic E-state index is 5.85. The van der Waals surface area contributed by atoms with Gasteiger partial charge in [0.1, 0.15) is 17.6 Å². The molecule has 0 spiro atoms. The third-order valence-electron chi connectivity index (χ3n) is 4.54. The van der Waals surface area contributed by atoms with Crippen LogP contribution in [0.1, 0.15) is 45.7 Å². The molecule has 3 heteroatoms. The summed E-state index contributed by atoms with van der Waals surface area (Å²) < 4.78 is 11.4. The molecule has 0 amide bonds. The maximum absolute atomic E-state index is 5.85. The smallest absolute Gasteiger partial charge is 0.123 e. The summed E-state index contributed by atoms with van der Waals surface area (Å²) in [7, 11) is 1.74. The Labute approximate surface area is 129 Å². The van der Waals surface area contributed by atoms with Gasteiger partial charge in [-0.3, -0.25) is 0 Å². The van der Waals surface area contributed by atoms with Gasteiger partial charge in [0, 0.05) is 24.1 Å². The minimum atomic E-state index is 0.272. The number of nitrogens with one attached hydrogen (secondary N) is 1. The Bertz CT molecular complexity index is 491. The van der Waals surface area contributed by atoms with Crippen molar-refractivity contribution in [2.75, 3.05) is 13.7 Å². The van der Waals surface area contributed by atoms with Crippen molar-refractivity contribution in [3.8, 4) is 11.5 Å². The molecule has 0 fully saturated rings. The number of ether oxygens (including phenoxy) is 2. The van der Waals surface area contributed by atoms with Gasteiger partial charge in [-0.25, -0.2) is 0 Å². The molecule has 118 valence electrons. The minimum Gasteiger partial charge on any atom is -0.496 e. The topological polar surface area (TPSA) is 30.5 Å². The number of benzene rings is 1. The van der Waals surface area contributed by atoms with E-state index in [2.05, 4.69) is 52.1 Å². The molecule has 0 bridgehead atoms. The molecule has 2 rings (SSSR count). The molecule has 1 heterocycles. The predicted octanol–water partition coefficient (Wildman–Crippen LogP) is 3.79. The van der Waals surface area contributed by atoms with Crippen LogP contribution in [0.25, 0.3) is 0 Å². The second-order valence-corrected chi connectivity index (χ2v) is 7.30. The average Bonchev–Trinajstić information content (AvgIpc) is 2.75. The Morgan fingerprint density at radius 3 is 2.71 bits per heavy atom. The van der Waals surface area contributed by atoms with E-state index in [1.54, 1.807) is 7.11 Å². The van der Waals surface area contributed by atoms with Crippen LogP contribution in [0.3, 0.4) is 0 Å². The molecule has 21 heavy (non-hydrogen) atoms. The van der Waals surface area contributed by atoms with E-state index in [4.69, 9.17) is 9.47 Å².